The van der Waals surface area contributed by atoms with Gasteiger partial charge in [0.1, 0.15) is 0 Å². The Kier molecular flexibility index (Phi) is 4.17. The van der Waals surface area contributed by atoms with E-state index in [9.17, 15) is 4.79 Å². The van der Waals surface area contributed by atoms with Gasteiger partial charge in [0.25, 0.3) is 0 Å². The standard InChI is InChI=1S/C12H17NO/c1-3-10(2)13-12(14)9-11-7-5-4-6-8-11/h4-8,10H,3,9H2,1-2H3,(H,13,14)/t10-/m0/s1. The van der Waals surface area contributed by atoms with Gasteiger partial charge >= 0.3 is 0 Å². The number of carbonyl (C=O) groups excluding carboxylic acids is 1. The molecule has 0 saturated heterocycles. The lowest BCUT2D eigenvalue weighted by molar-refractivity contribution is -0.121. The summed E-state index contributed by atoms with van der Waals surface area (Å²) in [7, 11) is 0. The fourth-order valence-electron chi connectivity index (χ4n) is 1.21. The van der Waals surface area contributed by atoms with E-state index in [-0.39, 0.29) is 11.9 Å². The van der Waals surface area contributed by atoms with E-state index in [4.69, 9.17) is 0 Å². The van der Waals surface area contributed by atoms with Crippen LogP contribution in [0.4, 0.5) is 0 Å². The van der Waals surface area contributed by atoms with E-state index in [1.54, 1.807) is 0 Å². The van der Waals surface area contributed by atoms with Crippen LogP contribution in [0, 0.1) is 0 Å². The molecule has 2 nitrogen and oxygen atoms in total. The summed E-state index contributed by atoms with van der Waals surface area (Å²) < 4.78 is 0. The van der Waals surface area contributed by atoms with Crippen LogP contribution >= 0.6 is 0 Å². The van der Waals surface area contributed by atoms with Crippen molar-refractivity contribution in [3.8, 4) is 0 Å². The van der Waals surface area contributed by atoms with Crippen molar-refractivity contribution < 1.29 is 4.79 Å². The van der Waals surface area contributed by atoms with E-state index in [0.717, 1.165) is 12.0 Å². The van der Waals surface area contributed by atoms with Gasteiger partial charge in [0.2, 0.25) is 5.91 Å². The summed E-state index contributed by atoms with van der Waals surface area (Å²) in [5.74, 6) is 0.102. The molecule has 14 heavy (non-hydrogen) atoms. The van der Waals surface area contributed by atoms with Gasteiger partial charge in [0, 0.05) is 6.04 Å². The molecule has 1 aromatic rings. The fourth-order valence-corrected chi connectivity index (χ4v) is 1.21. The van der Waals surface area contributed by atoms with Gasteiger partial charge in [-0.2, -0.15) is 0 Å². The maximum absolute atomic E-state index is 11.5. The predicted octanol–water partition coefficient (Wildman–Crippen LogP) is 2.14. The van der Waals surface area contributed by atoms with Gasteiger partial charge in [-0.1, -0.05) is 37.3 Å². The van der Waals surface area contributed by atoms with Crippen molar-refractivity contribution in [2.75, 3.05) is 0 Å². The quantitative estimate of drug-likeness (QED) is 0.776. The summed E-state index contributed by atoms with van der Waals surface area (Å²) in [5, 5.41) is 2.94. The molecule has 2 heteroatoms. The van der Waals surface area contributed by atoms with E-state index >= 15 is 0 Å². The maximum atomic E-state index is 11.5. The zero-order chi connectivity index (χ0) is 10.4. The maximum Gasteiger partial charge on any atom is 0.224 e. The second kappa shape index (κ2) is 5.43. The first-order valence-corrected chi connectivity index (χ1v) is 5.05. The molecule has 0 spiro atoms. The number of amides is 1. The van der Waals surface area contributed by atoms with Gasteiger partial charge in [-0.15, -0.1) is 0 Å². The third-order valence-corrected chi connectivity index (χ3v) is 2.23. The van der Waals surface area contributed by atoms with Crippen molar-refractivity contribution in [3.05, 3.63) is 35.9 Å². The van der Waals surface area contributed by atoms with E-state index in [2.05, 4.69) is 12.2 Å². The molecule has 0 unspecified atom stereocenters. The highest BCUT2D eigenvalue weighted by atomic mass is 16.1. The van der Waals surface area contributed by atoms with Gasteiger partial charge < -0.3 is 5.32 Å². The molecule has 1 N–H and O–H groups in total. The van der Waals surface area contributed by atoms with E-state index < -0.39 is 0 Å². The molecular weight excluding hydrogens is 174 g/mol. The topological polar surface area (TPSA) is 29.1 Å². The smallest absolute Gasteiger partial charge is 0.224 e. The van der Waals surface area contributed by atoms with Crippen LogP contribution in [0.2, 0.25) is 0 Å². The van der Waals surface area contributed by atoms with Gasteiger partial charge in [-0.05, 0) is 18.9 Å². The largest absolute Gasteiger partial charge is 0.353 e. The summed E-state index contributed by atoms with van der Waals surface area (Å²) in [6, 6.07) is 10.1. The number of benzene rings is 1. The monoisotopic (exact) mass is 191 g/mol. The average molecular weight is 191 g/mol. The van der Waals surface area contributed by atoms with Crippen molar-refractivity contribution in [3.63, 3.8) is 0 Å². The fraction of sp³-hybridized carbons (Fsp3) is 0.417. The normalized spacial score (nSPS) is 12.1. The molecule has 76 valence electrons. The first-order valence-electron chi connectivity index (χ1n) is 5.05. The van der Waals surface area contributed by atoms with Gasteiger partial charge in [-0.3, -0.25) is 4.79 Å². The lowest BCUT2D eigenvalue weighted by Gasteiger charge is -2.10. The van der Waals surface area contributed by atoms with Crippen LogP contribution in [0.15, 0.2) is 30.3 Å². The van der Waals surface area contributed by atoms with Gasteiger partial charge in [0.05, 0.1) is 6.42 Å². The molecule has 0 radical (unpaired) electrons. The van der Waals surface area contributed by atoms with Crippen LogP contribution in [0.25, 0.3) is 0 Å². The van der Waals surface area contributed by atoms with E-state index in [1.165, 1.54) is 0 Å². The molecule has 0 aliphatic rings. The Balaban J connectivity index is 2.42. The SMILES string of the molecule is CC[C@H](C)NC(=O)Cc1ccccc1. The first kappa shape index (κ1) is 10.8. The Morgan fingerprint density at radius 3 is 2.57 bits per heavy atom. The Hall–Kier alpha value is -1.31. The van der Waals surface area contributed by atoms with Crippen molar-refractivity contribution in [1.29, 1.82) is 0 Å². The first-order chi connectivity index (χ1) is 6.72. The molecule has 0 heterocycles. The zero-order valence-corrected chi connectivity index (χ0v) is 8.79. The molecule has 0 fully saturated rings. The molecule has 1 rings (SSSR count). The van der Waals surface area contributed by atoms with Crippen LogP contribution in [0.5, 0.6) is 0 Å². The van der Waals surface area contributed by atoms with Crippen molar-refractivity contribution >= 4 is 5.91 Å². The highest BCUT2D eigenvalue weighted by molar-refractivity contribution is 5.78. The number of hydrogen-bond acceptors (Lipinski definition) is 1. The Morgan fingerprint density at radius 1 is 1.36 bits per heavy atom. The van der Waals surface area contributed by atoms with E-state index in [1.807, 2.05) is 37.3 Å². The summed E-state index contributed by atoms with van der Waals surface area (Å²) in [5.41, 5.74) is 1.06. The molecule has 0 saturated carbocycles. The molecule has 0 bridgehead atoms. The Labute approximate surface area is 85.3 Å². The summed E-state index contributed by atoms with van der Waals surface area (Å²) in [6.07, 6.45) is 1.45. The molecule has 1 atom stereocenters. The van der Waals surface area contributed by atoms with Crippen LogP contribution in [0.3, 0.4) is 0 Å². The number of rotatable bonds is 4. The highest BCUT2D eigenvalue weighted by Crippen LogP contribution is 1.99. The Bertz CT molecular complexity index is 282. The van der Waals surface area contributed by atoms with E-state index in [0.29, 0.717) is 6.42 Å². The summed E-state index contributed by atoms with van der Waals surface area (Å²) >= 11 is 0. The molecule has 1 aromatic carbocycles. The predicted molar refractivity (Wildman–Crippen MR) is 58.0 cm³/mol. The molecule has 0 aliphatic heterocycles. The average Bonchev–Trinajstić information content (AvgIpc) is 2.19. The minimum absolute atomic E-state index is 0.102. The highest BCUT2D eigenvalue weighted by Gasteiger charge is 2.05. The van der Waals surface area contributed by atoms with Crippen LogP contribution < -0.4 is 5.32 Å². The van der Waals surface area contributed by atoms with Crippen molar-refractivity contribution in [2.24, 2.45) is 0 Å². The van der Waals surface area contributed by atoms with Gasteiger partial charge in [0.15, 0.2) is 0 Å². The zero-order valence-electron chi connectivity index (χ0n) is 8.79. The summed E-state index contributed by atoms with van der Waals surface area (Å²) in [6.45, 7) is 4.08. The molecule has 1 amide bonds. The minimum Gasteiger partial charge on any atom is -0.353 e. The summed E-state index contributed by atoms with van der Waals surface area (Å²) in [4.78, 5) is 11.5. The lowest BCUT2D eigenvalue weighted by Crippen LogP contribution is -2.33. The number of hydrogen-bond donors (Lipinski definition) is 1. The molecular formula is C12H17NO. The minimum atomic E-state index is 0.102. The van der Waals surface area contributed by atoms with Crippen LogP contribution in [0.1, 0.15) is 25.8 Å². The lowest BCUT2D eigenvalue weighted by atomic mass is 10.1. The van der Waals surface area contributed by atoms with Gasteiger partial charge in [-0.25, -0.2) is 0 Å². The van der Waals surface area contributed by atoms with Crippen molar-refractivity contribution in [1.82, 2.24) is 5.32 Å². The van der Waals surface area contributed by atoms with Crippen LogP contribution in [-0.4, -0.2) is 11.9 Å². The third-order valence-electron chi connectivity index (χ3n) is 2.23. The van der Waals surface area contributed by atoms with Crippen LogP contribution in [-0.2, 0) is 11.2 Å². The second-order valence-electron chi connectivity index (χ2n) is 3.54. The Morgan fingerprint density at radius 2 is 2.00 bits per heavy atom. The number of carbonyl (C=O) groups is 1. The molecule has 0 aromatic heterocycles. The third kappa shape index (κ3) is 3.60. The molecule has 0 aliphatic carbocycles. The second-order valence-corrected chi connectivity index (χ2v) is 3.54. The number of nitrogens with one attached hydrogen (secondary N) is 1. The van der Waals surface area contributed by atoms with Crippen molar-refractivity contribution in [2.45, 2.75) is 32.7 Å².